The Balaban J connectivity index is 1.86. The van der Waals surface area contributed by atoms with Crippen molar-refractivity contribution in [2.75, 3.05) is 19.6 Å². The van der Waals surface area contributed by atoms with Crippen molar-refractivity contribution < 1.29 is 0 Å². The molecular weight excluding hydrogens is 208 g/mol. The van der Waals surface area contributed by atoms with Crippen molar-refractivity contribution in [2.45, 2.75) is 38.6 Å². The number of nitrogens with two attached hydrogens (primary N) is 1. The summed E-state index contributed by atoms with van der Waals surface area (Å²) in [5.41, 5.74) is 9.06. The molecule has 1 aromatic rings. The molecule has 1 unspecified atom stereocenters. The molecule has 2 rings (SSSR count). The van der Waals surface area contributed by atoms with Gasteiger partial charge >= 0.3 is 0 Å². The Hall–Kier alpha value is -0.860. The Morgan fingerprint density at radius 3 is 2.29 bits per heavy atom. The van der Waals surface area contributed by atoms with Crippen LogP contribution in [0.3, 0.4) is 0 Å². The van der Waals surface area contributed by atoms with Crippen LogP contribution in [0.25, 0.3) is 0 Å². The van der Waals surface area contributed by atoms with Crippen molar-refractivity contribution in [2.24, 2.45) is 5.73 Å². The monoisotopic (exact) mass is 232 g/mol. The van der Waals surface area contributed by atoms with E-state index in [1.165, 1.54) is 37.1 Å². The summed E-state index contributed by atoms with van der Waals surface area (Å²) in [6.45, 7) is 5.70. The minimum Gasteiger partial charge on any atom is -0.328 e. The lowest BCUT2D eigenvalue weighted by atomic mass is 10.0. The highest BCUT2D eigenvalue weighted by Gasteiger charge is 2.13. The Morgan fingerprint density at radius 1 is 1.18 bits per heavy atom. The van der Waals surface area contributed by atoms with Crippen molar-refractivity contribution in [3.63, 3.8) is 0 Å². The Labute approximate surface area is 105 Å². The number of hydrogen-bond donors (Lipinski definition) is 1. The fourth-order valence-electron chi connectivity index (χ4n) is 2.49. The molecule has 0 spiro atoms. The number of fused-ring (bicyclic) bond motifs is 1. The summed E-state index contributed by atoms with van der Waals surface area (Å²) in [4.78, 5) is 2.56. The van der Waals surface area contributed by atoms with Crippen LogP contribution in [0.1, 0.15) is 30.9 Å². The fourth-order valence-corrected chi connectivity index (χ4v) is 2.49. The van der Waals surface area contributed by atoms with Crippen LogP contribution < -0.4 is 5.73 Å². The molecule has 0 aliphatic carbocycles. The van der Waals surface area contributed by atoms with Gasteiger partial charge in [0, 0.05) is 19.1 Å². The summed E-state index contributed by atoms with van der Waals surface area (Å²) in [5, 5.41) is 0. The zero-order valence-electron chi connectivity index (χ0n) is 10.9. The van der Waals surface area contributed by atoms with Crippen LogP contribution in [-0.4, -0.2) is 30.6 Å². The number of hydrogen-bond acceptors (Lipinski definition) is 2. The van der Waals surface area contributed by atoms with E-state index in [2.05, 4.69) is 36.1 Å². The van der Waals surface area contributed by atoms with Crippen LogP contribution in [0, 0.1) is 0 Å². The first-order valence-corrected chi connectivity index (χ1v) is 6.84. The maximum Gasteiger partial charge on any atom is 0.00483 e. The lowest BCUT2D eigenvalue weighted by molar-refractivity contribution is 0.274. The van der Waals surface area contributed by atoms with Gasteiger partial charge in [-0.3, -0.25) is 0 Å². The highest BCUT2D eigenvalue weighted by atomic mass is 15.1. The van der Waals surface area contributed by atoms with Gasteiger partial charge in [0.15, 0.2) is 0 Å². The van der Waals surface area contributed by atoms with Crippen LogP contribution in [0.15, 0.2) is 24.3 Å². The Kier molecular flexibility index (Phi) is 4.57. The van der Waals surface area contributed by atoms with Crippen molar-refractivity contribution in [1.29, 1.82) is 0 Å². The van der Waals surface area contributed by atoms with E-state index in [1.54, 1.807) is 0 Å². The SMILES string of the molecule is CCC(N)CCN1CCc2ccccc2CC1. The summed E-state index contributed by atoms with van der Waals surface area (Å²) in [5.74, 6) is 0. The molecule has 1 aliphatic rings. The molecule has 2 heteroatoms. The van der Waals surface area contributed by atoms with E-state index in [0.717, 1.165) is 19.4 Å². The largest absolute Gasteiger partial charge is 0.328 e. The van der Waals surface area contributed by atoms with Crippen LogP contribution in [0.2, 0.25) is 0 Å². The van der Waals surface area contributed by atoms with E-state index in [9.17, 15) is 0 Å². The van der Waals surface area contributed by atoms with Gasteiger partial charge in [-0.2, -0.15) is 0 Å². The van der Waals surface area contributed by atoms with E-state index < -0.39 is 0 Å². The summed E-state index contributed by atoms with van der Waals surface area (Å²) < 4.78 is 0. The van der Waals surface area contributed by atoms with Crippen molar-refractivity contribution >= 4 is 0 Å². The predicted molar refractivity (Wildman–Crippen MR) is 73.2 cm³/mol. The zero-order chi connectivity index (χ0) is 12.1. The molecule has 0 bridgehead atoms. The third kappa shape index (κ3) is 3.55. The van der Waals surface area contributed by atoms with Gasteiger partial charge in [-0.15, -0.1) is 0 Å². The molecular formula is C15H24N2. The summed E-state index contributed by atoms with van der Waals surface area (Å²) >= 11 is 0. The first-order valence-electron chi connectivity index (χ1n) is 6.84. The molecule has 0 saturated carbocycles. The molecule has 1 heterocycles. The van der Waals surface area contributed by atoms with Crippen LogP contribution in [-0.2, 0) is 12.8 Å². The second-order valence-electron chi connectivity index (χ2n) is 5.07. The summed E-state index contributed by atoms with van der Waals surface area (Å²) in [7, 11) is 0. The molecule has 2 N–H and O–H groups in total. The van der Waals surface area contributed by atoms with E-state index >= 15 is 0 Å². The summed E-state index contributed by atoms with van der Waals surface area (Å²) in [6, 6.07) is 9.23. The molecule has 1 aliphatic heterocycles. The van der Waals surface area contributed by atoms with Gasteiger partial charge in [0.2, 0.25) is 0 Å². The van der Waals surface area contributed by atoms with E-state index in [4.69, 9.17) is 5.73 Å². The van der Waals surface area contributed by atoms with E-state index in [0.29, 0.717) is 6.04 Å². The smallest absolute Gasteiger partial charge is 0.00483 e. The van der Waals surface area contributed by atoms with E-state index in [-0.39, 0.29) is 0 Å². The van der Waals surface area contributed by atoms with Gasteiger partial charge in [-0.1, -0.05) is 31.2 Å². The molecule has 0 fully saturated rings. The molecule has 0 aromatic heterocycles. The van der Waals surface area contributed by atoms with Crippen LogP contribution in [0.4, 0.5) is 0 Å². The van der Waals surface area contributed by atoms with Crippen LogP contribution >= 0.6 is 0 Å². The minimum atomic E-state index is 0.376. The second kappa shape index (κ2) is 6.18. The van der Waals surface area contributed by atoms with Gasteiger partial charge in [0.05, 0.1) is 0 Å². The topological polar surface area (TPSA) is 29.3 Å². The maximum atomic E-state index is 5.99. The quantitative estimate of drug-likeness (QED) is 0.862. The fraction of sp³-hybridized carbons (Fsp3) is 0.600. The molecule has 1 aromatic carbocycles. The molecule has 94 valence electrons. The van der Waals surface area contributed by atoms with Gasteiger partial charge in [0.1, 0.15) is 0 Å². The third-order valence-electron chi connectivity index (χ3n) is 3.85. The number of benzene rings is 1. The molecule has 17 heavy (non-hydrogen) atoms. The van der Waals surface area contributed by atoms with Crippen molar-refractivity contribution in [3.8, 4) is 0 Å². The predicted octanol–water partition coefficient (Wildman–Crippen LogP) is 2.21. The Bertz CT molecular complexity index is 322. The molecule has 0 amide bonds. The molecule has 1 atom stereocenters. The molecule has 2 nitrogen and oxygen atoms in total. The maximum absolute atomic E-state index is 5.99. The lowest BCUT2D eigenvalue weighted by Gasteiger charge is -2.21. The van der Waals surface area contributed by atoms with Crippen molar-refractivity contribution in [1.82, 2.24) is 4.90 Å². The van der Waals surface area contributed by atoms with E-state index in [1.807, 2.05) is 0 Å². The lowest BCUT2D eigenvalue weighted by Crippen LogP contribution is -2.32. The first-order chi connectivity index (χ1) is 8.29. The van der Waals surface area contributed by atoms with Gasteiger partial charge < -0.3 is 10.6 Å². The Morgan fingerprint density at radius 2 is 1.76 bits per heavy atom. The number of nitrogens with zero attached hydrogens (tertiary/aromatic N) is 1. The average molecular weight is 232 g/mol. The zero-order valence-corrected chi connectivity index (χ0v) is 10.9. The standard InChI is InChI=1S/C15H24N2/c1-2-15(16)9-12-17-10-7-13-5-3-4-6-14(13)8-11-17/h3-6,15H,2,7-12,16H2,1H3. The van der Waals surface area contributed by atoms with Crippen LogP contribution in [0.5, 0.6) is 0 Å². The molecule has 0 radical (unpaired) electrons. The van der Waals surface area contributed by atoms with Crippen molar-refractivity contribution in [3.05, 3.63) is 35.4 Å². The minimum absolute atomic E-state index is 0.376. The highest BCUT2D eigenvalue weighted by Crippen LogP contribution is 2.15. The third-order valence-corrected chi connectivity index (χ3v) is 3.85. The molecule has 0 saturated heterocycles. The number of rotatable bonds is 4. The second-order valence-corrected chi connectivity index (χ2v) is 5.07. The summed E-state index contributed by atoms with van der Waals surface area (Å²) in [6.07, 6.45) is 4.61. The average Bonchev–Trinajstić information content (AvgIpc) is 2.58. The van der Waals surface area contributed by atoms with Gasteiger partial charge in [-0.05, 0) is 43.4 Å². The normalized spacial score (nSPS) is 18.5. The first kappa shape index (κ1) is 12.6. The highest BCUT2D eigenvalue weighted by molar-refractivity contribution is 5.28. The van der Waals surface area contributed by atoms with Gasteiger partial charge in [-0.25, -0.2) is 0 Å². The van der Waals surface area contributed by atoms with Gasteiger partial charge in [0.25, 0.3) is 0 Å².